The van der Waals surface area contributed by atoms with Crippen LogP contribution < -0.4 is 10.2 Å². The summed E-state index contributed by atoms with van der Waals surface area (Å²) in [5.41, 5.74) is 0.772. The Kier molecular flexibility index (Phi) is 5.32. The van der Waals surface area contributed by atoms with Gasteiger partial charge in [0, 0.05) is 43.4 Å². The average Bonchev–Trinajstić information content (AvgIpc) is 2.63. The summed E-state index contributed by atoms with van der Waals surface area (Å²) in [6, 6.07) is 7.77. The molecule has 7 heteroatoms. The highest BCUT2D eigenvalue weighted by molar-refractivity contribution is 5.92. The monoisotopic (exact) mass is 326 g/mol. The van der Waals surface area contributed by atoms with Crippen LogP contribution in [0.5, 0.6) is 0 Å². The van der Waals surface area contributed by atoms with E-state index in [-0.39, 0.29) is 5.91 Å². The van der Waals surface area contributed by atoms with Crippen LogP contribution in [-0.4, -0.2) is 58.7 Å². The molecule has 1 atom stereocenters. The molecule has 1 N–H and O–H groups in total. The lowest BCUT2D eigenvalue weighted by Crippen LogP contribution is -2.48. The molecule has 24 heavy (non-hydrogen) atoms. The van der Waals surface area contributed by atoms with Gasteiger partial charge in [-0.15, -0.1) is 5.10 Å². The maximum atomic E-state index is 12.2. The first kappa shape index (κ1) is 16.3. The molecule has 1 aliphatic rings. The van der Waals surface area contributed by atoms with Crippen molar-refractivity contribution in [1.29, 1.82) is 0 Å². The molecule has 3 rings (SSSR count). The Morgan fingerprint density at radius 1 is 1.33 bits per heavy atom. The minimum Gasteiger partial charge on any atom is -0.354 e. The quantitative estimate of drug-likeness (QED) is 0.895. The van der Waals surface area contributed by atoms with Gasteiger partial charge in [-0.25, -0.2) is 0 Å². The van der Waals surface area contributed by atoms with Crippen LogP contribution in [0, 0.1) is 0 Å². The van der Waals surface area contributed by atoms with E-state index in [1.54, 1.807) is 30.7 Å². The summed E-state index contributed by atoms with van der Waals surface area (Å²) in [7, 11) is 2.00. The number of aromatic nitrogens is 3. The summed E-state index contributed by atoms with van der Waals surface area (Å²) in [6.45, 7) is 2.20. The lowest BCUT2D eigenvalue weighted by molar-refractivity contribution is -0.117. The number of piperidine rings is 1. The molecule has 0 aromatic carbocycles. The van der Waals surface area contributed by atoms with Crippen LogP contribution in [0.25, 0.3) is 0 Å². The van der Waals surface area contributed by atoms with Crippen molar-refractivity contribution in [2.24, 2.45) is 0 Å². The lowest BCUT2D eigenvalue weighted by Gasteiger charge is -2.37. The van der Waals surface area contributed by atoms with Crippen molar-refractivity contribution < 1.29 is 4.79 Å². The summed E-state index contributed by atoms with van der Waals surface area (Å²) in [5.74, 6) is 0.886. The largest absolute Gasteiger partial charge is 0.354 e. The van der Waals surface area contributed by atoms with Crippen molar-refractivity contribution in [1.82, 2.24) is 20.1 Å². The fourth-order valence-electron chi connectivity index (χ4n) is 2.98. The van der Waals surface area contributed by atoms with Gasteiger partial charge < -0.3 is 10.2 Å². The van der Waals surface area contributed by atoms with E-state index in [1.165, 1.54) is 0 Å². The third-order valence-electron chi connectivity index (χ3n) is 4.26. The minimum absolute atomic E-state index is 0.0136. The molecular weight excluding hydrogens is 304 g/mol. The van der Waals surface area contributed by atoms with Gasteiger partial charge in [0.05, 0.1) is 6.54 Å². The van der Waals surface area contributed by atoms with Crippen molar-refractivity contribution in [2.45, 2.75) is 18.9 Å². The highest BCUT2D eigenvalue weighted by atomic mass is 16.2. The normalized spacial score (nSPS) is 17.8. The lowest BCUT2D eigenvalue weighted by atomic mass is 10.0. The third kappa shape index (κ3) is 4.26. The molecule has 0 spiro atoms. The molecule has 126 valence electrons. The average molecular weight is 326 g/mol. The van der Waals surface area contributed by atoms with E-state index >= 15 is 0 Å². The van der Waals surface area contributed by atoms with Crippen LogP contribution in [0.15, 0.2) is 42.9 Å². The highest BCUT2D eigenvalue weighted by Crippen LogP contribution is 2.19. The first-order valence-electron chi connectivity index (χ1n) is 8.15. The van der Waals surface area contributed by atoms with E-state index in [1.807, 2.05) is 19.2 Å². The van der Waals surface area contributed by atoms with Gasteiger partial charge in [0.25, 0.3) is 0 Å². The summed E-state index contributed by atoms with van der Waals surface area (Å²) in [6.07, 6.45) is 7.17. The van der Waals surface area contributed by atoms with Crippen molar-refractivity contribution >= 4 is 17.4 Å². The SMILES string of the molecule is CN(CC(=O)Nc1ccncc1)[C@H]1CCCN(c2cccnn2)C1. The van der Waals surface area contributed by atoms with Gasteiger partial charge in [-0.2, -0.15) is 5.10 Å². The fourth-order valence-corrected chi connectivity index (χ4v) is 2.98. The first-order valence-corrected chi connectivity index (χ1v) is 8.15. The number of amides is 1. The topological polar surface area (TPSA) is 74.2 Å². The molecule has 3 heterocycles. The number of carbonyl (C=O) groups excluding carboxylic acids is 1. The zero-order chi connectivity index (χ0) is 16.8. The van der Waals surface area contributed by atoms with Crippen molar-refractivity contribution in [3.8, 4) is 0 Å². The number of hydrogen-bond donors (Lipinski definition) is 1. The third-order valence-corrected chi connectivity index (χ3v) is 4.26. The van der Waals surface area contributed by atoms with Crippen LogP contribution >= 0.6 is 0 Å². The molecule has 0 unspecified atom stereocenters. The number of anilines is 2. The molecule has 0 saturated carbocycles. The van der Waals surface area contributed by atoms with E-state index in [0.29, 0.717) is 12.6 Å². The minimum atomic E-state index is -0.0136. The molecular formula is C17H22N6O. The van der Waals surface area contributed by atoms with Crippen molar-refractivity contribution in [3.63, 3.8) is 0 Å². The Morgan fingerprint density at radius 3 is 2.92 bits per heavy atom. The molecule has 1 saturated heterocycles. The highest BCUT2D eigenvalue weighted by Gasteiger charge is 2.25. The van der Waals surface area contributed by atoms with Crippen molar-refractivity contribution in [2.75, 3.05) is 36.9 Å². The Bertz CT molecular complexity index is 651. The number of rotatable bonds is 5. The second-order valence-electron chi connectivity index (χ2n) is 6.02. The van der Waals surface area contributed by atoms with Crippen LogP contribution in [0.3, 0.4) is 0 Å². The maximum Gasteiger partial charge on any atom is 0.238 e. The van der Waals surface area contributed by atoms with Gasteiger partial charge >= 0.3 is 0 Å². The zero-order valence-corrected chi connectivity index (χ0v) is 13.8. The molecule has 2 aromatic rings. The first-order chi connectivity index (χ1) is 11.7. The van der Waals surface area contributed by atoms with E-state index in [9.17, 15) is 4.79 Å². The Labute approximate surface area is 141 Å². The second kappa shape index (κ2) is 7.83. The van der Waals surface area contributed by atoms with Gasteiger partial charge in [0.15, 0.2) is 5.82 Å². The Balaban J connectivity index is 1.54. The number of nitrogens with one attached hydrogen (secondary N) is 1. The molecule has 2 aromatic heterocycles. The van der Waals surface area contributed by atoms with Crippen LogP contribution in [0.4, 0.5) is 11.5 Å². The fraction of sp³-hybridized carbons (Fsp3) is 0.412. The molecule has 1 aliphatic heterocycles. The summed E-state index contributed by atoms with van der Waals surface area (Å²) in [4.78, 5) is 20.5. The number of nitrogens with zero attached hydrogens (tertiary/aromatic N) is 5. The standard InChI is InChI=1S/C17H22N6O/c1-22(13-17(24)20-14-6-9-18-10-7-14)15-4-3-11-23(12-15)16-5-2-8-19-21-16/h2,5-10,15H,3-4,11-13H2,1H3,(H,18,20,24)/t15-/m0/s1. The molecule has 0 aliphatic carbocycles. The van der Waals surface area contributed by atoms with Gasteiger partial charge in [-0.05, 0) is 44.2 Å². The summed E-state index contributed by atoms with van der Waals surface area (Å²) < 4.78 is 0. The number of likely N-dealkylation sites (N-methyl/N-ethyl adjacent to an activating group) is 1. The van der Waals surface area contributed by atoms with Gasteiger partial charge in [-0.3, -0.25) is 14.7 Å². The summed E-state index contributed by atoms with van der Waals surface area (Å²) in [5, 5.41) is 11.0. The van der Waals surface area contributed by atoms with E-state index < -0.39 is 0 Å². The van der Waals surface area contributed by atoms with Crippen LogP contribution in [-0.2, 0) is 4.79 Å². The number of carbonyl (C=O) groups is 1. The zero-order valence-electron chi connectivity index (χ0n) is 13.8. The maximum absolute atomic E-state index is 12.2. The number of pyridine rings is 1. The molecule has 0 bridgehead atoms. The van der Waals surface area contributed by atoms with Gasteiger partial charge in [-0.1, -0.05) is 0 Å². The smallest absolute Gasteiger partial charge is 0.238 e. The van der Waals surface area contributed by atoms with E-state index in [2.05, 4.69) is 30.3 Å². The molecule has 7 nitrogen and oxygen atoms in total. The predicted octanol–water partition coefficient (Wildman–Crippen LogP) is 1.41. The van der Waals surface area contributed by atoms with Crippen molar-refractivity contribution in [3.05, 3.63) is 42.9 Å². The van der Waals surface area contributed by atoms with Crippen LogP contribution in [0.1, 0.15) is 12.8 Å². The molecule has 1 amide bonds. The van der Waals surface area contributed by atoms with E-state index in [0.717, 1.165) is 37.4 Å². The second-order valence-corrected chi connectivity index (χ2v) is 6.02. The Morgan fingerprint density at radius 2 is 2.17 bits per heavy atom. The molecule has 1 fully saturated rings. The predicted molar refractivity (Wildman–Crippen MR) is 92.8 cm³/mol. The van der Waals surface area contributed by atoms with Gasteiger partial charge in [0.2, 0.25) is 5.91 Å². The van der Waals surface area contributed by atoms with E-state index in [4.69, 9.17) is 0 Å². The Hall–Kier alpha value is -2.54. The molecule has 0 radical (unpaired) electrons. The number of hydrogen-bond acceptors (Lipinski definition) is 6. The summed E-state index contributed by atoms with van der Waals surface area (Å²) >= 11 is 0. The van der Waals surface area contributed by atoms with Gasteiger partial charge in [0.1, 0.15) is 0 Å². The van der Waals surface area contributed by atoms with Crippen LogP contribution in [0.2, 0.25) is 0 Å².